The van der Waals surface area contributed by atoms with E-state index in [0.717, 1.165) is 18.7 Å². The van der Waals surface area contributed by atoms with E-state index in [-0.39, 0.29) is 11.4 Å². The SMILES string of the molecule is CCCc1nnc(SCC(=O)O)n1CC(C)(C)OCC. The molecule has 0 bridgehead atoms. The van der Waals surface area contributed by atoms with E-state index in [9.17, 15) is 4.79 Å². The lowest BCUT2D eigenvalue weighted by Crippen LogP contribution is -2.31. The predicted molar refractivity (Wildman–Crippen MR) is 78.1 cm³/mol. The first-order valence-electron chi connectivity index (χ1n) is 6.80. The number of aromatic nitrogens is 3. The van der Waals surface area contributed by atoms with Crippen LogP contribution in [0.5, 0.6) is 0 Å². The smallest absolute Gasteiger partial charge is 0.313 e. The molecule has 0 aliphatic rings. The van der Waals surface area contributed by atoms with Crippen molar-refractivity contribution in [1.29, 1.82) is 0 Å². The van der Waals surface area contributed by atoms with Gasteiger partial charge in [0.2, 0.25) is 0 Å². The van der Waals surface area contributed by atoms with E-state index in [4.69, 9.17) is 9.84 Å². The van der Waals surface area contributed by atoms with Gasteiger partial charge >= 0.3 is 5.97 Å². The van der Waals surface area contributed by atoms with E-state index in [2.05, 4.69) is 17.1 Å². The number of thioether (sulfide) groups is 1. The highest BCUT2D eigenvalue weighted by molar-refractivity contribution is 7.99. The van der Waals surface area contributed by atoms with Crippen LogP contribution in [0.4, 0.5) is 0 Å². The van der Waals surface area contributed by atoms with E-state index in [0.29, 0.717) is 18.3 Å². The first kappa shape index (κ1) is 17.0. The lowest BCUT2D eigenvalue weighted by molar-refractivity contribution is -0.133. The van der Waals surface area contributed by atoms with Crippen LogP contribution in [0.1, 0.15) is 39.9 Å². The number of ether oxygens (including phenoxy) is 1. The molecule has 0 saturated heterocycles. The summed E-state index contributed by atoms with van der Waals surface area (Å²) in [5.74, 6) is 0.0121. The van der Waals surface area contributed by atoms with Crippen LogP contribution in [0.2, 0.25) is 0 Å². The average Bonchev–Trinajstić information content (AvgIpc) is 2.69. The Bertz CT molecular complexity index is 446. The van der Waals surface area contributed by atoms with Gasteiger partial charge in [-0.1, -0.05) is 18.7 Å². The molecule has 0 unspecified atom stereocenters. The van der Waals surface area contributed by atoms with Gasteiger partial charge in [0.05, 0.1) is 17.9 Å². The summed E-state index contributed by atoms with van der Waals surface area (Å²) in [6, 6.07) is 0. The van der Waals surface area contributed by atoms with Gasteiger partial charge in [0.25, 0.3) is 0 Å². The molecule has 0 atom stereocenters. The Morgan fingerprint density at radius 2 is 2.10 bits per heavy atom. The number of hydrogen-bond donors (Lipinski definition) is 1. The van der Waals surface area contributed by atoms with E-state index < -0.39 is 5.97 Å². The normalized spacial score (nSPS) is 11.8. The van der Waals surface area contributed by atoms with Gasteiger partial charge in [-0.2, -0.15) is 0 Å². The number of hydrogen-bond acceptors (Lipinski definition) is 5. The molecule has 1 aromatic heterocycles. The topological polar surface area (TPSA) is 77.2 Å². The molecular formula is C13H23N3O3S. The van der Waals surface area contributed by atoms with Crippen molar-refractivity contribution in [2.24, 2.45) is 0 Å². The molecule has 1 aromatic rings. The second-order valence-corrected chi connectivity index (χ2v) is 6.05. The molecule has 0 amide bonds. The Morgan fingerprint density at radius 3 is 2.65 bits per heavy atom. The Kier molecular flexibility index (Phi) is 6.48. The first-order valence-corrected chi connectivity index (χ1v) is 7.78. The molecule has 0 aliphatic carbocycles. The van der Waals surface area contributed by atoms with Crippen LogP contribution in [0, 0.1) is 0 Å². The zero-order valence-electron chi connectivity index (χ0n) is 12.5. The number of carbonyl (C=O) groups is 1. The molecule has 0 fully saturated rings. The molecule has 6 nitrogen and oxygen atoms in total. The summed E-state index contributed by atoms with van der Waals surface area (Å²) in [5, 5.41) is 17.7. The quantitative estimate of drug-likeness (QED) is 0.705. The largest absolute Gasteiger partial charge is 0.481 e. The lowest BCUT2D eigenvalue weighted by atomic mass is 10.1. The van der Waals surface area contributed by atoms with Crippen LogP contribution in [-0.2, 0) is 22.5 Å². The number of rotatable bonds is 9. The van der Waals surface area contributed by atoms with Gasteiger partial charge in [-0.15, -0.1) is 10.2 Å². The minimum atomic E-state index is -0.856. The van der Waals surface area contributed by atoms with Crippen molar-refractivity contribution in [1.82, 2.24) is 14.8 Å². The Balaban J connectivity index is 2.92. The van der Waals surface area contributed by atoms with Crippen molar-refractivity contribution in [2.75, 3.05) is 12.4 Å². The molecule has 1 heterocycles. The van der Waals surface area contributed by atoms with Gasteiger partial charge in [-0.25, -0.2) is 0 Å². The van der Waals surface area contributed by atoms with E-state index in [1.807, 2.05) is 25.3 Å². The van der Waals surface area contributed by atoms with Crippen molar-refractivity contribution in [3.05, 3.63) is 5.82 Å². The van der Waals surface area contributed by atoms with Crippen LogP contribution < -0.4 is 0 Å². The third-order valence-electron chi connectivity index (χ3n) is 2.67. The minimum Gasteiger partial charge on any atom is -0.481 e. The fourth-order valence-electron chi connectivity index (χ4n) is 1.94. The van der Waals surface area contributed by atoms with Crippen molar-refractivity contribution < 1.29 is 14.6 Å². The van der Waals surface area contributed by atoms with E-state index in [1.165, 1.54) is 11.8 Å². The fraction of sp³-hybridized carbons (Fsp3) is 0.769. The number of aliphatic carboxylic acids is 1. The fourth-order valence-corrected chi connectivity index (χ4v) is 2.61. The van der Waals surface area contributed by atoms with Crippen molar-refractivity contribution >= 4 is 17.7 Å². The molecule has 0 saturated carbocycles. The second-order valence-electron chi connectivity index (χ2n) is 5.11. The maximum Gasteiger partial charge on any atom is 0.313 e. The number of carboxylic acids is 1. The molecule has 7 heteroatoms. The van der Waals surface area contributed by atoms with Crippen LogP contribution in [0.3, 0.4) is 0 Å². The third kappa shape index (κ3) is 5.13. The van der Waals surface area contributed by atoms with Crippen molar-refractivity contribution in [3.63, 3.8) is 0 Å². The van der Waals surface area contributed by atoms with Crippen molar-refractivity contribution in [3.8, 4) is 0 Å². The van der Waals surface area contributed by atoms with Gasteiger partial charge < -0.3 is 14.4 Å². The number of aryl methyl sites for hydroxylation is 1. The highest BCUT2D eigenvalue weighted by atomic mass is 32.2. The summed E-state index contributed by atoms with van der Waals surface area (Å²) in [4.78, 5) is 10.7. The molecule has 114 valence electrons. The highest BCUT2D eigenvalue weighted by Gasteiger charge is 2.23. The first-order chi connectivity index (χ1) is 9.39. The lowest BCUT2D eigenvalue weighted by Gasteiger charge is -2.26. The number of nitrogens with zero attached hydrogens (tertiary/aromatic N) is 3. The molecule has 0 aromatic carbocycles. The van der Waals surface area contributed by atoms with Gasteiger partial charge in [0.1, 0.15) is 5.82 Å². The molecule has 0 radical (unpaired) electrons. The third-order valence-corrected chi connectivity index (χ3v) is 3.62. The van der Waals surface area contributed by atoms with Crippen LogP contribution >= 0.6 is 11.8 Å². The van der Waals surface area contributed by atoms with Crippen LogP contribution in [0.25, 0.3) is 0 Å². The Morgan fingerprint density at radius 1 is 1.40 bits per heavy atom. The maximum atomic E-state index is 10.7. The minimum absolute atomic E-state index is 0.0146. The standard InChI is InChI=1S/C13H23N3O3S/c1-5-7-10-14-15-12(20-8-11(17)18)16(10)9-13(3,4)19-6-2/h5-9H2,1-4H3,(H,17,18). The summed E-state index contributed by atoms with van der Waals surface area (Å²) < 4.78 is 7.69. The second kappa shape index (κ2) is 7.64. The summed E-state index contributed by atoms with van der Waals surface area (Å²) >= 11 is 1.19. The van der Waals surface area contributed by atoms with E-state index >= 15 is 0 Å². The van der Waals surface area contributed by atoms with Crippen LogP contribution in [-0.4, -0.2) is 43.8 Å². The molecule has 20 heavy (non-hydrogen) atoms. The number of carboxylic acid groups (broad SMARTS) is 1. The molecule has 0 spiro atoms. The maximum absolute atomic E-state index is 10.7. The molecule has 0 aliphatic heterocycles. The zero-order chi connectivity index (χ0) is 15.2. The predicted octanol–water partition coefficient (Wildman–Crippen LogP) is 2.22. The van der Waals surface area contributed by atoms with Crippen LogP contribution in [0.15, 0.2) is 5.16 Å². The molecular weight excluding hydrogens is 278 g/mol. The van der Waals surface area contributed by atoms with E-state index in [1.54, 1.807) is 0 Å². The van der Waals surface area contributed by atoms with Gasteiger partial charge in [0.15, 0.2) is 5.16 Å². The van der Waals surface area contributed by atoms with Gasteiger partial charge in [0, 0.05) is 13.0 Å². The average molecular weight is 301 g/mol. The zero-order valence-corrected chi connectivity index (χ0v) is 13.4. The van der Waals surface area contributed by atoms with Gasteiger partial charge in [-0.05, 0) is 27.2 Å². The molecule has 1 N–H and O–H groups in total. The Labute approximate surface area is 123 Å². The van der Waals surface area contributed by atoms with Crippen molar-refractivity contribution in [2.45, 2.75) is 57.8 Å². The van der Waals surface area contributed by atoms with Gasteiger partial charge in [-0.3, -0.25) is 4.79 Å². The summed E-state index contributed by atoms with van der Waals surface area (Å²) in [6.45, 7) is 9.31. The summed E-state index contributed by atoms with van der Waals surface area (Å²) in [6.07, 6.45) is 1.79. The molecule has 1 rings (SSSR count). The summed E-state index contributed by atoms with van der Waals surface area (Å²) in [7, 11) is 0. The summed E-state index contributed by atoms with van der Waals surface area (Å²) in [5.41, 5.74) is -0.335. The monoisotopic (exact) mass is 301 g/mol. The highest BCUT2D eigenvalue weighted by Crippen LogP contribution is 2.22. The Hall–Kier alpha value is -1.08.